The molecular formula is C22H21NO7. The van der Waals surface area contributed by atoms with Gasteiger partial charge in [0.15, 0.2) is 17.3 Å². The number of aromatic hydroxyl groups is 1. The molecule has 2 aliphatic carbocycles. The van der Waals surface area contributed by atoms with Crippen molar-refractivity contribution in [1.82, 2.24) is 0 Å². The molecule has 0 saturated carbocycles. The predicted octanol–water partition coefficient (Wildman–Crippen LogP) is 0.712. The number of hydrogen-bond donors (Lipinski definition) is 4. The lowest BCUT2D eigenvalue weighted by atomic mass is 9.70. The van der Waals surface area contributed by atoms with Crippen LogP contribution in [-0.2, 0) is 16.9 Å². The fourth-order valence-corrected chi connectivity index (χ4v) is 4.75. The number of nitrogens with two attached hydrogens (primary N) is 1. The molecule has 2 aromatic carbocycles. The van der Waals surface area contributed by atoms with E-state index in [-0.39, 0.29) is 57.5 Å². The van der Waals surface area contributed by atoms with Crippen LogP contribution < -0.4 is 10.5 Å². The zero-order valence-electron chi connectivity index (χ0n) is 16.5. The highest BCUT2D eigenvalue weighted by Gasteiger charge is 2.45. The number of aliphatic hydroxyl groups excluding tert-OH is 1. The van der Waals surface area contributed by atoms with Crippen LogP contribution in [-0.4, -0.2) is 46.4 Å². The molecular weight excluding hydrogens is 390 g/mol. The number of rotatable bonds is 3. The molecule has 2 aliphatic rings. The first-order valence-electron chi connectivity index (χ1n) is 9.44. The van der Waals surface area contributed by atoms with E-state index >= 15 is 0 Å². The molecule has 0 amide bonds. The number of ether oxygens (including phenoxy) is 1. The maximum atomic E-state index is 13.4. The lowest BCUT2D eigenvalue weighted by molar-refractivity contribution is -0.128. The standard InChI is InChI=1S/C22H21NO7/c1-9-15-17(19(26)11-4-3-5-14(30-2)16(11)21(15)28)20(27)12-6-10(13(25)8-24)7-22(23,29)18(9)12/h3-5,10,24,27,29H,6-8,23H2,1-2H3. The number of fused-ring (bicyclic) bond motifs is 3. The number of methoxy groups -OCH3 is 1. The van der Waals surface area contributed by atoms with Crippen LogP contribution in [0.1, 0.15) is 55.0 Å². The highest BCUT2D eigenvalue weighted by Crippen LogP contribution is 2.47. The Balaban J connectivity index is 2.03. The third-order valence-electron chi connectivity index (χ3n) is 6.05. The summed E-state index contributed by atoms with van der Waals surface area (Å²) in [5, 5.41) is 31.1. The van der Waals surface area contributed by atoms with Crippen LogP contribution in [0.5, 0.6) is 11.5 Å². The first kappa shape index (κ1) is 20.2. The Hall–Kier alpha value is -3.07. The van der Waals surface area contributed by atoms with Crippen molar-refractivity contribution in [2.24, 2.45) is 11.7 Å². The molecule has 0 radical (unpaired) electrons. The molecule has 0 fully saturated rings. The second-order valence-electron chi connectivity index (χ2n) is 7.77. The Bertz CT molecular complexity index is 1130. The van der Waals surface area contributed by atoms with E-state index in [2.05, 4.69) is 0 Å². The number of carbonyl (C=O) groups excluding carboxylic acids is 3. The maximum Gasteiger partial charge on any atom is 0.198 e. The summed E-state index contributed by atoms with van der Waals surface area (Å²) in [6, 6.07) is 4.62. The summed E-state index contributed by atoms with van der Waals surface area (Å²) in [4.78, 5) is 38.7. The van der Waals surface area contributed by atoms with Gasteiger partial charge in [0, 0.05) is 34.6 Å². The lowest BCUT2D eigenvalue weighted by Crippen LogP contribution is -2.46. The molecule has 4 rings (SSSR count). The number of phenolic OH excluding ortho intramolecular Hbond substituents is 1. The molecule has 0 aliphatic heterocycles. The van der Waals surface area contributed by atoms with Gasteiger partial charge in [-0.3, -0.25) is 20.1 Å². The summed E-state index contributed by atoms with van der Waals surface area (Å²) in [6.45, 7) is 0.820. The molecule has 5 N–H and O–H groups in total. The predicted molar refractivity (Wildman–Crippen MR) is 105 cm³/mol. The van der Waals surface area contributed by atoms with E-state index in [9.17, 15) is 29.7 Å². The molecule has 0 heterocycles. The molecule has 0 bridgehead atoms. The van der Waals surface area contributed by atoms with Gasteiger partial charge in [-0.15, -0.1) is 0 Å². The summed E-state index contributed by atoms with van der Waals surface area (Å²) in [5.74, 6) is -2.68. The van der Waals surface area contributed by atoms with E-state index in [0.717, 1.165) is 0 Å². The number of aliphatic hydroxyl groups is 2. The number of hydrogen-bond acceptors (Lipinski definition) is 8. The lowest BCUT2D eigenvalue weighted by Gasteiger charge is -2.38. The number of carbonyl (C=O) groups is 3. The fraction of sp³-hybridized carbons (Fsp3) is 0.318. The van der Waals surface area contributed by atoms with Gasteiger partial charge < -0.3 is 20.1 Å². The summed E-state index contributed by atoms with van der Waals surface area (Å²) in [5.41, 5.74) is 4.58. The summed E-state index contributed by atoms with van der Waals surface area (Å²) in [7, 11) is 1.39. The Kier molecular flexibility index (Phi) is 4.54. The van der Waals surface area contributed by atoms with E-state index in [1.807, 2.05) is 0 Å². The normalized spacial score (nSPS) is 22.2. The van der Waals surface area contributed by atoms with E-state index in [4.69, 9.17) is 10.5 Å². The van der Waals surface area contributed by atoms with E-state index in [1.54, 1.807) is 19.1 Å². The van der Waals surface area contributed by atoms with Crippen LogP contribution in [0.4, 0.5) is 0 Å². The Morgan fingerprint density at radius 3 is 2.57 bits per heavy atom. The second-order valence-corrected chi connectivity index (χ2v) is 7.77. The maximum absolute atomic E-state index is 13.4. The van der Waals surface area contributed by atoms with Gasteiger partial charge in [-0.2, -0.15) is 0 Å². The zero-order valence-corrected chi connectivity index (χ0v) is 16.5. The van der Waals surface area contributed by atoms with Gasteiger partial charge in [0.05, 0.1) is 18.2 Å². The molecule has 30 heavy (non-hydrogen) atoms. The minimum atomic E-state index is -2.02. The number of benzene rings is 2. The quantitative estimate of drug-likeness (QED) is 0.461. The number of phenols is 1. The van der Waals surface area contributed by atoms with Gasteiger partial charge in [-0.25, -0.2) is 0 Å². The summed E-state index contributed by atoms with van der Waals surface area (Å²) < 4.78 is 5.25. The van der Waals surface area contributed by atoms with Gasteiger partial charge in [0.2, 0.25) is 0 Å². The molecule has 156 valence electrons. The summed E-state index contributed by atoms with van der Waals surface area (Å²) in [6.07, 6.45) is -0.193. The second kappa shape index (κ2) is 6.73. The van der Waals surface area contributed by atoms with Gasteiger partial charge in [-0.1, -0.05) is 12.1 Å². The van der Waals surface area contributed by atoms with Crippen molar-refractivity contribution in [2.75, 3.05) is 13.7 Å². The van der Waals surface area contributed by atoms with Crippen LogP contribution in [0.15, 0.2) is 18.2 Å². The molecule has 8 heteroatoms. The Labute approximate surface area is 171 Å². The molecule has 8 nitrogen and oxygen atoms in total. The Morgan fingerprint density at radius 2 is 1.93 bits per heavy atom. The van der Waals surface area contributed by atoms with Crippen molar-refractivity contribution in [3.63, 3.8) is 0 Å². The van der Waals surface area contributed by atoms with Crippen molar-refractivity contribution >= 4 is 17.3 Å². The Morgan fingerprint density at radius 1 is 1.23 bits per heavy atom. The molecule has 0 aromatic heterocycles. The van der Waals surface area contributed by atoms with E-state index in [1.165, 1.54) is 13.2 Å². The van der Waals surface area contributed by atoms with Gasteiger partial charge in [0.1, 0.15) is 23.8 Å². The van der Waals surface area contributed by atoms with Crippen LogP contribution in [0.2, 0.25) is 0 Å². The van der Waals surface area contributed by atoms with Crippen LogP contribution >= 0.6 is 0 Å². The zero-order chi connectivity index (χ0) is 22.0. The van der Waals surface area contributed by atoms with Gasteiger partial charge in [-0.05, 0) is 25.0 Å². The molecule has 2 aromatic rings. The van der Waals surface area contributed by atoms with Crippen LogP contribution in [0, 0.1) is 12.8 Å². The first-order chi connectivity index (χ1) is 14.1. The first-order valence-corrected chi connectivity index (χ1v) is 9.44. The van der Waals surface area contributed by atoms with Gasteiger partial charge >= 0.3 is 0 Å². The highest BCUT2D eigenvalue weighted by molar-refractivity contribution is 6.31. The van der Waals surface area contributed by atoms with Crippen molar-refractivity contribution in [3.8, 4) is 11.5 Å². The third-order valence-corrected chi connectivity index (χ3v) is 6.05. The molecule has 2 unspecified atom stereocenters. The minimum absolute atomic E-state index is 0.0133. The average Bonchev–Trinajstić information content (AvgIpc) is 2.72. The smallest absolute Gasteiger partial charge is 0.198 e. The average molecular weight is 411 g/mol. The van der Waals surface area contributed by atoms with Crippen molar-refractivity contribution < 1.29 is 34.4 Å². The fourth-order valence-electron chi connectivity index (χ4n) is 4.75. The molecule has 0 saturated heterocycles. The van der Waals surface area contributed by atoms with Crippen LogP contribution in [0.3, 0.4) is 0 Å². The number of ketones is 3. The van der Waals surface area contributed by atoms with Crippen LogP contribution in [0.25, 0.3) is 0 Å². The van der Waals surface area contributed by atoms with Crippen molar-refractivity contribution in [3.05, 3.63) is 57.1 Å². The SMILES string of the molecule is COc1cccc2c1C(=O)c1c(C)c3c(c(O)c1C2=O)CC(C(=O)CO)CC3(N)O. The van der Waals surface area contributed by atoms with Crippen molar-refractivity contribution in [1.29, 1.82) is 0 Å². The van der Waals surface area contributed by atoms with Crippen molar-refractivity contribution in [2.45, 2.75) is 25.5 Å². The van der Waals surface area contributed by atoms with E-state index < -0.39 is 41.3 Å². The monoisotopic (exact) mass is 411 g/mol. The third kappa shape index (κ3) is 2.61. The topological polar surface area (TPSA) is 147 Å². The van der Waals surface area contributed by atoms with Gasteiger partial charge in [0.25, 0.3) is 0 Å². The minimum Gasteiger partial charge on any atom is -0.507 e. The summed E-state index contributed by atoms with van der Waals surface area (Å²) >= 11 is 0. The molecule has 0 spiro atoms. The highest BCUT2D eigenvalue weighted by atomic mass is 16.5. The van der Waals surface area contributed by atoms with E-state index in [0.29, 0.717) is 0 Å². The number of Topliss-reactive ketones (excluding diaryl/α,β-unsaturated/α-hetero) is 1. The largest absolute Gasteiger partial charge is 0.507 e. The molecule has 2 atom stereocenters.